The second kappa shape index (κ2) is 5.53. The molecule has 1 unspecified atom stereocenters. The Morgan fingerprint density at radius 1 is 1.19 bits per heavy atom. The normalized spacial score (nSPS) is 17.0. The van der Waals surface area contributed by atoms with E-state index in [0.29, 0.717) is 6.54 Å². The summed E-state index contributed by atoms with van der Waals surface area (Å²) >= 11 is 3.47. The molecule has 0 bridgehead atoms. The van der Waals surface area contributed by atoms with E-state index in [0.717, 1.165) is 26.9 Å². The molecule has 1 amide bonds. The zero-order chi connectivity index (χ0) is 15.0. The Morgan fingerprint density at radius 3 is 2.57 bits per heavy atom. The highest BCUT2D eigenvalue weighted by atomic mass is 79.9. The molecule has 0 fully saturated rings. The Hall–Kier alpha value is -1.81. The maximum absolute atomic E-state index is 12.5. The van der Waals surface area contributed by atoms with Gasteiger partial charge < -0.3 is 9.64 Å². The number of hydrogen-bond donors (Lipinski definition) is 0. The standard InChI is InChI=1S/C17H16BrNO2/c1-11-16-9-13(18)5-8-15(16)17(20)19(11)10-12-3-6-14(21-2)7-4-12/h3-9,11H,10H2,1-2H3. The summed E-state index contributed by atoms with van der Waals surface area (Å²) in [7, 11) is 1.65. The summed E-state index contributed by atoms with van der Waals surface area (Å²) in [5.74, 6) is 0.924. The van der Waals surface area contributed by atoms with E-state index in [1.807, 2.05) is 47.4 Å². The van der Waals surface area contributed by atoms with Crippen LogP contribution >= 0.6 is 15.9 Å². The molecule has 1 aliphatic heterocycles. The molecule has 4 heteroatoms. The van der Waals surface area contributed by atoms with Crippen LogP contribution in [0.5, 0.6) is 5.75 Å². The van der Waals surface area contributed by atoms with E-state index in [1.54, 1.807) is 7.11 Å². The smallest absolute Gasteiger partial charge is 0.255 e. The molecule has 2 aromatic carbocycles. The number of fused-ring (bicyclic) bond motifs is 1. The van der Waals surface area contributed by atoms with Crippen molar-refractivity contribution >= 4 is 21.8 Å². The minimum Gasteiger partial charge on any atom is -0.497 e. The van der Waals surface area contributed by atoms with E-state index < -0.39 is 0 Å². The molecule has 0 aliphatic carbocycles. The highest BCUT2D eigenvalue weighted by Gasteiger charge is 2.33. The monoisotopic (exact) mass is 345 g/mol. The molecule has 108 valence electrons. The van der Waals surface area contributed by atoms with Gasteiger partial charge in [0.2, 0.25) is 0 Å². The number of carbonyl (C=O) groups excluding carboxylic acids is 1. The molecule has 3 nitrogen and oxygen atoms in total. The number of amides is 1. The second-order valence-electron chi connectivity index (χ2n) is 5.19. The SMILES string of the molecule is COc1ccc(CN2C(=O)c3ccc(Br)cc3C2C)cc1. The van der Waals surface area contributed by atoms with Gasteiger partial charge in [0.25, 0.3) is 5.91 Å². The van der Waals surface area contributed by atoms with Crippen LogP contribution in [0.25, 0.3) is 0 Å². The zero-order valence-electron chi connectivity index (χ0n) is 12.0. The van der Waals surface area contributed by atoms with Crippen molar-refractivity contribution < 1.29 is 9.53 Å². The van der Waals surface area contributed by atoms with Crippen molar-refractivity contribution in [3.05, 3.63) is 63.6 Å². The van der Waals surface area contributed by atoms with Gasteiger partial charge in [-0.15, -0.1) is 0 Å². The fourth-order valence-corrected chi connectivity index (χ4v) is 3.09. The van der Waals surface area contributed by atoms with Gasteiger partial charge in [-0.05, 0) is 48.4 Å². The number of carbonyl (C=O) groups is 1. The van der Waals surface area contributed by atoms with E-state index >= 15 is 0 Å². The van der Waals surface area contributed by atoms with Crippen LogP contribution < -0.4 is 4.74 Å². The number of ether oxygens (including phenoxy) is 1. The number of methoxy groups -OCH3 is 1. The quantitative estimate of drug-likeness (QED) is 0.835. The molecular weight excluding hydrogens is 330 g/mol. The lowest BCUT2D eigenvalue weighted by Crippen LogP contribution is -2.26. The summed E-state index contributed by atoms with van der Waals surface area (Å²) in [6.45, 7) is 2.68. The maximum atomic E-state index is 12.5. The van der Waals surface area contributed by atoms with Crippen LogP contribution in [0.2, 0.25) is 0 Å². The van der Waals surface area contributed by atoms with Gasteiger partial charge >= 0.3 is 0 Å². The van der Waals surface area contributed by atoms with Crippen molar-refractivity contribution in [2.75, 3.05) is 7.11 Å². The van der Waals surface area contributed by atoms with Gasteiger partial charge in [0.15, 0.2) is 0 Å². The largest absolute Gasteiger partial charge is 0.497 e. The summed E-state index contributed by atoms with van der Waals surface area (Å²) in [6, 6.07) is 13.8. The van der Waals surface area contributed by atoms with Crippen LogP contribution in [-0.4, -0.2) is 17.9 Å². The van der Waals surface area contributed by atoms with Crippen molar-refractivity contribution in [3.8, 4) is 5.75 Å². The Kier molecular flexibility index (Phi) is 3.72. The van der Waals surface area contributed by atoms with Crippen molar-refractivity contribution in [2.24, 2.45) is 0 Å². The average Bonchev–Trinajstić information content (AvgIpc) is 2.73. The van der Waals surface area contributed by atoms with Gasteiger partial charge in [0, 0.05) is 16.6 Å². The third-order valence-corrected chi connectivity index (χ3v) is 4.43. The predicted molar refractivity (Wildman–Crippen MR) is 85.4 cm³/mol. The third-order valence-electron chi connectivity index (χ3n) is 3.93. The molecule has 0 aromatic heterocycles. The molecule has 0 radical (unpaired) electrons. The van der Waals surface area contributed by atoms with Gasteiger partial charge in [0.05, 0.1) is 13.2 Å². The minimum absolute atomic E-state index is 0.0899. The van der Waals surface area contributed by atoms with E-state index in [2.05, 4.69) is 22.9 Å². The van der Waals surface area contributed by atoms with Gasteiger partial charge in [-0.25, -0.2) is 0 Å². The van der Waals surface area contributed by atoms with Crippen LogP contribution in [-0.2, 0) is 6.54 Å². The minimum atomic E-state index is 0.0899. The van der Waals surface area contributed by atoms with Gasteiger partial charge in [-0.1, -0.05) is 28.1 Å². The molecule has 2 aromatic rings. The van der Waals surface area contributed by atoms with Crippen LogP contribution in [0.15, 0.2) is 46.9 Å². The first-order chi connectivity index (χ1) is 10.1. The lowest BCUT2D eigenvalue weighted by atomic mass is 10.1. The predicted octanol–water partition coefficient (Wildman–Crippen LogP) is 4.17. The van der Waals surface area contributed by atoms with Crippen molar-refractivity contribution in [1.82, 2.24) is 4.90 Å². The molecule has 1 aliphatic rings. The van der Waals surface area contributed by atoms with Gasteiger partial charge in [-0.3, -0.25) is 4.79 Å². The summed E-state index contributed by atoms with van der Waals surface area (Å²) in [4.78, 5) is 14.4. The van der Waals surface area contributed by atoms with Gasteiger partial charge in [0.1, 0.15) is 5.75 Å². The first-order valence-electron chi connectivity index (χ1n) is 6.83. The lowest BCUT2D eigenvalue weighted by Gasteiger charge is -2.22. The number of halogens is 1. The Bertz CT molecular complexity index is 682. The van der Waals surface area contributed by atoms with Crippen LogP contribution in [0.1, 0.15) is 34.5 Å². The van der Waals surface area contributed by atoms with Crippen molar-refractivity contribution in [2.45, 2.75) is 19.5 Å². The molecule has 3 rings (SSSR count). The average molecular weight is 346 g/mol. The van der Waals surface area contributed by atoms with E-state index in [4.69, 9.17) is 4.74 Å². The first-order valence-corrected chi connectivity index (χ1v) is 7.63. The number of benzene rings is 2. The topological polar surface area (TPSA) is 29.5 Å². The number of rotatable bonds is 3. The number of nitrogens with zero attached hydrogens (tertiary/aromatic N) is 1. The Morgan fingerprint density at radius 2 is 1.90 bits per heavy atom. The van der Waals surface area contributed by atoms with Crippen LogP contribution in [0.3, 0.4) is 0 Å². The summed E-state index contributed by atoms with van der Waals surface area (Å²) < 4.78 is 6.17. The molecule has 1 heterocycles. The summed E-state index contributed by atoms with van der Waals surface area (Å²) in [5, 5.41) is 0. The highest BCUT2D eigenvalue weighted by Crippen LogP contribution is 2.36. The highest BCUT2D eigenvalue weighted by molar-refractivity contribution is 9.10. The summed E-state index contributed by atoms with van der Waals surface area (Å²) in [5.41, 5.74) is 2.99. The van der Waals surface area contributed by atoms with Crippen LogP contribution in [0, 0.1) is 0 Å². The first kappa shape index (κ1) is 14.1. The summed E-state index contributed by atoms with van der Waals surface area (Å²) in [6.07, 6.45) is 0. The molecule has 0 spiro atoms. The van der Waals surface area contributed by atoms with E-state index in [9.17, 15) is 4.79 Å². The third kappa shape index (κ3) is 2.56. The van der Waals surface area contributed by atoms with Crippen LogP contribution in [0.4, 0.5) is 0 Å². The zero-order valence-corrected chi connectivity index (χ0v) is 13.6. The van der Waals surface area contributed by atoms with Crippen molar-refractivity contribution in [1.29, 1.82) is 0 Å². The molecule has 1 atom stereocenters. The fourth-order valence-electron chi connectivity index (χ4n) is 2.71. The fraction of sp³-hybridized carbons (Fsp3) is 0.235. The van der Waals surface area contributed by atoms with Gasteiger partial charge in [-0.2, -0.15) is 0 Å². The second-order valence-corrected chi connectivity index (χ2v) is 6.10. The molecule has 0 saturated carbocycles. The molecular formula is C17H16BrNO2. The van der Waals surface area contributed by atoms with E-state index in [1.165, 1.54) is 0 Å². The number of hydrogen-bond acceptors (Lipinski definition) is 2. The molecule has 0 N–H and O–H groups in total. The lowest BCUT2D eigenvalue weighted by molar-refractivity contribution is 0.0723. The molecule has 0 saturated heterocycles. The maximum Gasteiger partial charge on any atom is 0.255 e. The van der Waals surface area contributed by atoms with E-state index in [-0.39, 0.29) is 11.9 Å². The Balaban J connectivity index is 1.85. The molecule has 21 heavy (non-hydrogen) atoms. The Labute approximate surface area is 132 Å². The van der Waals surface area contributed by atoms with Crippen molar-refractivity contribution in [3.63, 3.8) is 0 Å².